The summed E-state index contributed by atoms with van der Waals surface area (Å²) in [5, 5.41) is 0. The molecular weight excluding hydrogens is 258 g/mol. The molecule has 0 aromatic heterocycles. The molecule has 86 valence electrons. The summed E-state index contributed by atoms with van der Waals surface area (Å²) in [4.78, 5) is 0. The SMILES string of the molecule is CC([S+]([O-])C(F)(F)F)[S+]([O-])C(F)(F)F. The summed E-state index contributed by atoms with van der Waals surface area (Å²) >= 11 is -7.56. The third-order valence-electron chi connectivity index (χ3n) is 1.06. The average molecular weight is 262 g/mol. The van der Waals surface area contributed by atoms with Crippen LogP contribution < -0.4 is 0 Å². The standard InChI is InChI=1S/C4H4F6O2S2/c1-2(13(11)3(5,6)7)14(12)4(8,9)10/h2H,1H3. The van der Waals surface area contributed by atoms with E-state index in [0.29, 0.717) is 6.92 Å². The first-order valence-corrected chi connectivity index (χ1v) is 5.35. The molecule has 0 saturated heterocycles. The van der Waals surface area contributed by atoms with E-state index in [-0.39, 0.29) is 0 Å². The largest absolute Gasteiger partial charge is 0.605 e. The van der Waals surface area contributed by atoms with Crippen molar-refractivity contribution < 1.29 is 35.4 Å². The number of hydrogen-bond donors (Lipinski definition) is 0. The summed E-state index contributed by atoms with van der Waals surface area (Å²) < 4.78 is 88.0. The van der Waals surface area contributed by atoms with Gasteiger partial charge >= 0.3 is 11.0 Å². The van der Waals surface area contributed by atoms with Crippen LogP contribution >= 0.6 is 0 Å². The zero-order valence-corrected chi connectivity index (χ0v) is 8.11. The highest BCUT2D eigenvalue weighted by molar-refractivity contribution is 8.09. The van der Waals surface area contributed by atoms with Crippen molar-refractivity contribution in [2.75, 3.05) is 0 Å². The molecule has 0 bridgehead atoms. The van der Waals surface area contributed by atoms with Crippen molar-refractivity contribution in [3.05, 3.63) is 0 Å². The molecule has 0 aromatic rings. The van der Waals surface area contributed by atoms with Gasteiger partial charge in [0, 0.05) is 6.92 Å². The van der Waals surface area contributed by atoms with Crippen molar-refractivity contribution in [3.8, 4) is 0 Å². The first-order chi connectivity index (χ1) is 5.98. The van der Waals surface area contributed by atoms with Gasteiger partial charge in [-0.1, -0.05) is 0 Å². The number of alkyl halides is 6. The third-order valence-corrected chi connectivity index (χ3v) is 4.23. The van der Waals surface area contributed by atoms with Crippen LogP contribution in [0.3, 0.4) is 0 Å². The van der Waals surface area contributed by atoms with Gasteiger partial charge in [0.1, 0.15) is 22.4 Å². The van der Waals surface area contributed by atoms with Gasteiger partial charge in [0.05, 0.1) is 0 Å². The van der Waals surface area contributed by atoms with Crippen molar-refractivity contribution in [2.45, 2.75) is 22.5 Å². The van der Waals surface area contributed by atoms with E-state index in [9.17, 15) is 35.4 Å². The minimum absolute atomic E-state index is 0.368. The van der Waals surface area contributed by atoms with Gasteiger partial charge in [-0.2, -0.15) is 0 Å². The number of halogens is 6. The fraction of sp³-hybridized carbons (Fsp3) is 1.00. The van der Waals surface area contributed by atoms with Crippen LogP contribution in [0.15, 0.2) is 0 Å². The molecule has 0 aliphatic rings. The molecule has 0 aliphatic heterocycles. The van der Waals surface area contributed by atoms with Crippen LogP contribution in [-0.4, -0.2) is 24.7 Å². The van der Waals surface area contributed by atoms with Crippen molar-refractivity contribution in [3.63, 3.8) is 0 Å². The molecule has 0 fully saturated rings. The normalized spacial score (nSPS) is 20.4. The van der Waals surface area contributed by atoms with Crippen molar-refractivity contribution >= 4 is 22.4 Å². The van der Waals surface area contributed by atoms with Gasteiger partial charge in [-0.15, -0.1) is 26.3 Å². The Labute approximate surface area is 81.0 Å². The smallest absolute Gasteiger partial charge is 0.577 e. The van der Waals surface area contributed by atoms with Gasteiger partial charge in [0.2, 0.25) is 0 Å². The molecule has 0 aromatic carbocycles. The Hall–Kier alpha value is 0.200. The molecule has 0 heterocycles. The van der Waals surface area contributed by atoms with E-state index >= 15 is 0 Å². The van der Waals surface area contributed by atoms with Gasteiger partial charge in [-0.3, -0.25) is 0 Å². The predicted molar refractivity (Wildman–Crippen MR) is 37.9 cm³/mol. The van der Waals surface area contributed by atoms with Gasteiger partial charge in [-0.05, 0) is 0 Å². The molecule has 0 N–H and O–H groups in total. The molecular formula is C4H4F6O2S2. The Kier molecular flexibility index (Phi) is 4.43. The molecule has 2 atom stereocenters. The first-order valence-electron chi connectivity index (χ1n) is 2.92. The minimum Gasteiger partial charge on any atom is -0.605 e. The van der Waals surface area contributed by atoms with Gasteiger partial charge in [0.25, 0.3) is 4.58 Å². The van der Waals surface area contributed by atoms with Crippen LogP contribution in [0.5, 0.6) is 0 Å². The number of rotatable bonds is 2. The van der Waals surface area contributed by atoms with Crippen LogP contribution in [0.2, 0.25) is 0 Å². The minimum atomic E-state index is -5.29. The topological polar surface area (TPSA) is 46.1 Å². The fourth-order valence-electron chi connectivity index (χ4n) is 0.456. The quantitative estimate of drug-likeness (QED) is 0.563. The highest BCUT2D eigenvalue weighted by atomic mass is 32.3. The maximum Gasteiger partial charge on any atom is 0.577 e. The molecule has 0 amide bonds. The zero-order chi connectivity index (χ0) is 11.7. The van der Waals surface area contributed by atoms with Crippen molar-refractivity contribution in [2.24, 2.45) is 0 Å². The maximum absolute atomic E-state index is 11.6. The Bertz CT molecular complexity index is 171. The molecule has 10 heteroatoms. The second-order valence-corrected chi connectivity index (χ2v) is 5.88. The second-order valence-electron chi connectivity index (χ2n) is 2.05. The van der Waals surface area contributed by atoms with Gasteiger partial charge < -0.3 is 9.11 Å². The lowest BCUT2D eigenvalue weighted by Crippen LogP contribution is -2.43. The predicted octanol–water partition coefficient (Wildman–Crippen LogP) is 1.87. The Balaban J connectivity index is 4.56. The Morgan fingerprint density at radius 3 is 1.21 bits per heavy atom. The monoisotopic (exact) mass is 262 g/mol. The zero-order valence-electron chi connectivity index (χ0n) is 6.48. The summed E-state index contributed by atoms with van der Waals surface area (Å²) in [6, 6.07) is 0. The molecule has 2 nitrogen and oxygen atoms in total. The lowest BCUT2D eigenvalue weighted by Gasteiger charge is -2.22. The summed E-state index contributed by atoms with van der Waals surface area (Å²) in [5.41, 5.74) is -10.6. The van der Waals surface area contributed by atoms with E-state index in [2.05, 4.69) is 0 Å². The van der Waals surface area contributed by atoms with E-state index in [1.165, 1.54) is 0 Å². The van der Waals surface area contributed by atoms with E-state index < -0.39 is 38.0 Å². The molecule has 2 unspecified atom stereocenters. The van der Waals surface area contributed by atoms with Crippen LogP contribution in [0.4, 0.5) is 26.3 Å². The second kappa shape index (κ2) is 4.37. The highest BCUT2D eigenvalue weighted by Gasteiger charge is 2.59. The maximum atomic E-state index is 11.6. The summed E-state index contributed by atoms with van der Waals surface area (Å²) in [6.07, 6.45) is 0. The first kappa shape index (κ1) is 14.2. The van der Waals surface area contributed by atoms with E-state index in [0.717, 1.165) is 0 Å². The lowest BCUT2D eigenvalue weighted by atomic mass is 11.0. The number of hydrogen-bond acceptors (Lipinski definition) is 2. The van der Waals surface area contributed by atoms with E-state index in [1.54, 1.807) is 0 Å². The van der Waals surface area contributed by atoms with Crippen LogP contribution in [0, 0.1) is 0 Å². The van der Waals surface area contributed by atoms with Crippen molar-refractivity contribution in [1.29, 1.82) is 0 Å². The summed E-state index contributed by atoms with van der Waals surface area (Å²) in [7, 11) is 0. The summed E-state index contributed by atoms with van der Waals surface area (Å²) in [6.45, 7) is 0.368. The molecule has 0 radical (unpaired) electrons. The van der Waals surface area contributed by atoms with Gasteiger partial charge in [0.15, 0.2) is 0 Å². The fourth-order valence-corrected chi connectivity index (χ4v) is 2.50. The lowest BCUT2D eigenvalue weighted by molar-refractivity contribution is -0.0467. The molecule has 14 heavy (non-hydrogen) atoms. The van der Waals surface area contributed by atoms with E-state index in [4.69, 9.17) is 0 Å². The van der Waals surface area contributed by atoms with Crippen molar-refractivity contribution in [1.82, 2.24) is 0 Å². The molecule has 0 rings (SSSR count). The van der Waals surface area contributed by atoms with E-state index in [1.807, 2.05) is 0 Å². The third kappa shape index (κ3) is 3.75. The van der Waals surface area contributed by atoms with Crippen LogP contribution in [0.1, 0.15) is 6.92 Å². The highest BCUT2D eigenvalue weighted by Crippen LogP contribution is 2.35. The summed E-state index contributed by atoms with van der Waals surface area (Å²) in [5.74, 6) is 0. The Morgan fingerprint density at radius 1 is 0.857 bits per heavy atom. The van der Waals surface area contributed by atoms with Crippen LogP contribution in [-0.2, 0) is 22.4 Å². The molecule has 0 spiro atoms. The van der Waals surface area contributed by atoms with Crippen LogP contribution in [0.25, 0.3) is 0 Å². The molecule has 0 saturated carbocycles. The Morgan fingerprint density at radius 2 is 1.07 bits per heavy atom. The van der Waals surface area contributed by atoms with Gasteiger partial charge in [-0.25, -0.2) is 0 Å². The average Bonchev–Trinajstić information content (AvgIpc) is 1.97. The molecule has 0 aliphatic carbocycles.